The fourth-order valence-electron chi connectivity index (χ4n) is 2.39. The number of thiazole rings is 1. The molecule has 0 radical (unpaired) electrons. The molecule has 1 N–H and O–H groups in total. The van der Waals surface area contributed by atoms with E-state index in [9.17, 15) is 19.7 Å². The molecule has 2 aromatic heterocycles. The van der Waals surface area contributed by atoms with E-state index in [2.05, 4.69) is 10.3 Å². The number of esters is 1. The average molecular weight is 417 g/mol. The fourth-order valence-corrected chi connectivity index (χ4v) is 4.61. The Hall–Kier alpha value is -3.11. The van der Waals surface area contributed by atoms with Crippen LogP contribution < -0.4 is 5.32 Å². The van der Waals surface area contributed by atoms with Crippen molar-refractivity contribution in [3.05, 3.63) is 56.5 Å². The van der Waals surface area contributed by atoms with E-state index in [0.29, 0.717) is 27.0 Å². The fraction of sp³-hybridized carbons (Fsp3) is 0.167. The predicted octanol–water partition coefficient (Wildman–Crippen LogP) is 4.40. The van der Waals surface area contributed by atoms with Crippen molar-refractivity contribution in [3.63, 3.8) is 0 Å². The number of anilines is 1. The highest BCUT2D eigenvalue weighted by molar-refractivity contribution is 7.30. The molecule has 0 spiro atoms. The zero-order chi connectivity index (χ0) is 20.3. The summed E-state index contributed by atoms with van der Waals surface area (Å²) in [7, 11) is 0. The number of ether oxygens (including phenoxy) is 1. The third-order valence-electron chi connectivity index (χ3n) is 3.68. The molecule has 0 bridgehead atoms. The van der Waals surface area contributed by atoms with Gasteiger partial charge in [-0.15, -0.1) is 11.3 Å². The molecular formula is C18H15N3O5S2. The van der Waals surface area contributed by atoms with Crippen LogP contribution in [0.5, 0.6) is 0 Å². The van der Waals surface area contributed by atoms with Gasteiger partial charge >= 0.3 is 5.97 Å². The monoisotopic (exact) mass is 417 g/mol. The summed E-state index contributed by atoms with van der Waals surface area (Å²) >= 11 is 2.50. The summed E-state index contributed by atoms with van der Waals surface area (Å²) in [4.78, 5) is 39.8. The number of amides is 1. The van der Waals surface area contributed by atoms with Crippen LogP contribution in [0.1, 0.15) is 27.7 Å². The summed E-state index contributed by atoms with van der Waals surface area (Å²) in [6.45, 7) is 3.86. The van der Waals surface area contributed by atoms with Crippen molar-refractivity contribution in [2.24, 2.45) is 0 Å². The molecule has 0 aliphatic heterocycles. The van der Waals surface area contributed by atoms with Crippen LogP contribution in [-0.2, 0) is 9.53 Å². The predicted molar refractivity (Wildman–Crippen MR) is 109 cm³/mol. The number of rotatable bonds is 6. The maximum absolute atomic E-state index is 12.1. The molecule has 0 unspecified atom stereocenters. The third kappa shape index (κ3) is 4.24. The molecule has 2 heterocycles. The number of benzene rings is 1. The highest BCUT2D eigenvalue weighted by Gasteiger charge is 2.20. The van der Waals surface area contributed by atoms with Gasteiger partial charge in [0.05, 0.1) is 16.2 Å². The number of fused-ring (bicyclic) bond motifs is 1. The average Bonchev–Trinajstić information content (AvgIpc) is 3.19. The second-order valence-electron chi connectivity index (χ2n) is 5.60. The van der Waals surface area contributed by atoms with E-state index in [-0.39, 0.29) is 11.7 Å². The topological polar surface area (TPSA) is 111 Å². The molecule has 28 heavy (non-hydrogen) atoms. The van der Waals surface area contributed by atoms with E-state index in [1.807, 2.05) is 6.92 Å². The molecule has 1 amide bonds. The summed E-state index contributed by atoms with van der Waals surface area (Å²) in [6.07, 6.45) is 2.77. The smallest absolute Gasteiger partial charge is 0.348 e. The Balaban J connectivity index is 1.72. The van der Waals surface area contributed by atoms with E-state index in [1.54, 1.807) is 19.1 Å². The zero-order valence-electron chi connectivity index (χ0n) is 14.9. The largest absolute Gasteiger partial charge is 0.462 e. The number of nitrogens with one attached hydrogen (secondary N) is 1. The first-order valence-electron chi connectivity index (χ1n) is 8.19. The van der Waals surface area contributed by atoms with Crippen LogP contribution in [0.2, 0.25) is 0 Å². The minimum Gasteiger partial charge on any atom is -0.462 e. The van der Waals surface area contributed by atoms with E-state index in [0.717, 1.165) is 10.3 Å². The second-order valence-corrected chi connectivity index (χ2v) is 7.60. The van der Waals surface area contributed by atoms with E-state index in [4.69, 9.17) is 4.74 Å². The van der Waals surface area contributed by atoms with Gasteiger partial charge in [0.15, 0.2) is 5.13 Å². The Morgan fingerprint density at radius 2 is 2.14 bits per heavy atom. The number of thiophene rings is 1. The van der Waals surface area contributed by atoms with Gasteiger partial charge < -0.3 is 4.74 Å². The Morgan fingerprint density at radius 3 is 2.82 bits per heavy atom. The summed E-state index contributed by atoms with van der Waals surface area (Å²) in [5.74, 6) is -0.781. The zero-order valence-corrected chi connectivity index (χ0v) is 16.6. The highest BCUT2D eigenvalue weighted by Crippen LogP contribution is 2.37. The lowest BCUT2D eigenvalue weighted by Gasteiger charge is -1.99. The summed E-state index contributed by atoms with van der Waals surface area (Å²) in [6, 6.07) is 5.97. The van der Waals surface area contributed by atoms with Gasteiger partial charge in [0, 0.05) is 18.2 Å². The van der Waals surface area contributed by atoms with Gasteiger partial charge in [-0.3, -0.25) is 20.2 Å². The molecule has 3 rings (SSSR count). The standard InChI is InChI=1S/C18H15N3O5S2/c1-3-26-17(23)15-10(2)14-16(27-15)20-18(28-14)19-13(22)8-7-11-5-4-6-12(9-11)21(24)25/h4-9H,3H2,1-2H3,(H,19,20,22)/b8-7+. The molecular weight excluding hydrogens is 402 g/mol. The molecule has 0 aliphatic carbocycles. The van der Waals surface area contributed by atoms with E-state index < -0.39 is 10.8 Å². The third-order valence-corrected chi connectivity index (χ3v) is 6.06. The van der Waals surface area contributed by atoms with Crippen molar-refractivity contribution in [1.82, 2.24) is 4.98 Å². The second kappa shape index (κ2) is 8.28. The molecule has 0 saturated carbocycles. The number of nitro groups is 1. The molecule has 144 valence electrons. The number of nitrogens with zero attached hydrogens (tertiary/aromatic N) is 2. The van der Waals surface area contributed by atoms with Crippen LogP contribution in [-0.4, -0.2) is 28.4 Å². The van der Waals surface area contributed by atoms with Gasteiger partial charge in [0.25, 0.3) is 5.69 Å². The van der Waals surface area contributed by atoms with Gasteiger partial charge in [-0.05, 0) is 31.1 Å². The Morgan fingerprint density at radius 1 is 1.36 bits per heavy atom. The van der Waals surface area contributed by atoms with Gasteiger partial charge in [-0.25, -0.2) is 9.78 Å². The van der Waals surface area contributed by atoms with Crippen LogP contribution in [0.25, 0.3) is 15.6 Å². The van der Waals surface area contributed by atoms with Crippen molar-refractivity contribution in [3.8, 4) is 0 Å². The van der Waals surface area contributed by atoms with Crippen molar-refractivity contribution < 1.29 is 19.2 Å². The van der Waals surface area contributed by atoms with Gasteiger partial charge in [0.2, 0.25) is 5.91 Å². The maximum Gasteiger partial charge on any atom is 0.348 e. The number of nitro benzene ring substituents is 1. The normalized spacial score (nSPS) is 11.1. The first kappa shape index (κ1) is 19.6. The SMILES string of the molecule is CCOC(=O)c1sc2nc(NC(=O)/C=C/c3cccc([N+](=O)[O-])c3)sc2c1C. The number of non-ortho nitro benzene ring substituents is 1. The lowest BCUT2D eigenvalue weighted by Crippen LogP contribution is -2.07. The maximum atomic E-state index is 12.1. The van der Waals surface area contributed by atoms with Crippen molar-refractivity contribution in [2.45, 2.75) is 13.8 Å². The van der Waals surface area contributed by atoms with E-state index in [1.165, 1.54) is 47.0 Å². The van der Waals surface area contributed by atoms with Crippen LogP contribution in [0.3, 0.4) is 0 Å². The Bertz CT molecular complexity index is 1100. The lowest BCUT2D eigenvalue weighted by molar-refractivity contribution is -0.384. The number of hydrogen-bond acceptors (Lipinski definition) is 8. The lowest BCUT2D eigenvalue weighted by atomic mass is 10.2. The van der Waals surface area contributed by atoms with Gasteiger partial charge in [0.1, 0.15) is 9.71 Å². The summed E-state index contributed by atoms with van der Waals surface area (Å²) in [5.41, 5.74) is 1.28. The molecule has 8 nitrogen and oxygen atoms in total. The van der Waals surface area contributed by atoms with Crippen molar-refractivity contribution >= 4 is 61.0 Å². The minimum absolute atomic E-state index is 0.0457. The summed E-state index contributed by atoms with van der Waals surface area (Å²) < 4.78 is 5.85. The van der Waals surface area contributed by atoms with Crippen LogP contribution in [0, 0.1) is 17.0 Å². The van der Waals surface area contributed by atoms with Crippen LogP contribution in [0.4, 0.5) is 10.8 Å². The Labute approximate surface area is 167 Å². The van der Waals surface area contributed by atoms with Crippen LogP contribution in [0.15, 0.2) is 30.3 Å². The first-order chi connectivity index (χ1) is 13.4. The molecule has 10 heteroatoms. The van der Waals surface area contributed by atoms with Gasteiger partial charge in [-0.1, -0.05) is 23.5 Å². The Kier molecular flexibility index (Phi) is 5.81. The number of carbonyl (C=O) groups excluding carboxylic acids is 2. The molecule has 0 saturated heterocycles. The summed E-state index contributed by atoms with van der Waals surface area (Å²) in [5, 5.41) is 13.9. The number of aromatic nitrogens is 1. The van der Waals surface area contributed by atoms with Crippen molar-refractivity contribution in [1.29, 1.82) is 0 Å². The van der Waals surface area contributed by atoms with E-state index >= 15 is 0 Å². The molecule has 0 fully saturated rings. The molecule has 0 atom stereocenters. The number of carbonyl (C=O) groups is 2. The molecule has 0 aliphatic rings. The molecule has 3 aromatic rings. The quantitative estimate of drug-likeness (QED) is 0.275. The number of hydrogen-bond donors (Lipinski definition) is 1. The van der Waals surface area contributed by atoms with Crippen molar-refractivity contribution in [2.75, 3.05) is 11.9 Å². The first-order valence-corrected chi connectivity index (χ1v) is 9.83. The van der Waals surface area contributed by atoms with Gasteiger partial charge in [-0.2, -0.15) is 0 Å². The van der Waals surface area contributed by atoms with Crippen LogP contribution >= 0.6 is 22.7 Å². The highest BCUT2D eigenvalue weighted by atomic mass is 32.1. The number of aryl methyl sites for hydroxylation is 1. The molecule has 1 aromatic carbocycles. The minimum atomic E-state index is -0.493.